The van der Waals surface area contributed by atoms with Gasteiger partial charge in [0.15, 0.2) is 0 Å². The first kappa shape index (κ1) is 35.5. The van der Waals surface area contributed by atoms with Gasteiger partial charge in [-0.05, 0) is 36.4 Å². The second kappa shape index (κ2) is 13.4. The number of rotatable bonds is 8. The van der Waals surface area contributed by atoms with Gasteiger partial charge in [0.1, 0.15) is 81.5 Å². The van der Waals surface area contributed by atoms with Gasteiger partial charge in [0.25, 0.3) is 0 Å². The first-order chi connectivity index (χ1) is 23.2. The first-order valence-corrected chi connectivity index (χ1v) is 15.9. The van der Waals surface area contributed by atoms with Crippen LogP contribution in [0.5, 0.6) is 0 Å². The Kier molecular flexibility index (Phi) is 9.72. The molecule has 2 fully saturated rings. The summed E-state index contributed by atoms with van der Waals surface area (Å²) in [6, 6.07) is 9.66. The smallest absolute Gasteiger partial charge is 0.339 e. The van der Waals surface area contributed by atoms with Crippen LogP contribution < -0.4 is 11.3 Å². The summed E-state index contributed by atoms with van der Waals surface area (Å²) in [6.45, 7) is -1.84. The van der Waals surface area contributed by atoms with Gasteiger partial charge in [-0.25, -0.2) is 18.4 Å². The lowest BCUT2D eigenvalue weighted by molar-refractivity contribution is -0.263. The standard InChI is InChI=1S/C32H32F2O14S/c33-17-3-1-5-19-15(17)7-13(27(41)45-19)9-31(43)23(37)21(11-35)47-29(25(31)39)49-30-26(40)32(44,24(38)22(12-36)48-30)10-14-8-16-18(34)4-2-6-20(16)46-28(14)42/h1-8,21-26,29-30,35-40,43-44H,9-12H2/t21-,22-,23+,24+,25+,26+,29+,30+,31+,32+/m1/s1. The normalized spacial score (nSPS) is 33.7. The Morgan fingerprint density at radius 1 is 0.653 bits per heavy atom. The number of benzene rings is 2. The highest BCUT2D eigenvalue weighted by molar-refractivity contribution is 8.00. The lowest BCUT2D eigenvalue weighted by atomic mass is 9.80. The van der Waals surface area contributed by atoms with E-state index in [0.29, 0.717) is 11.8 Å². The van der Waals surface area contributed by atoms with Crippen molar-refractivity contribution in [3.63, 3.8) is 0 Å². The fourth-order valence-corrected chi connectivity index (χ4v) is 7.75. The highest BCUT2D eigenvalue weighted by Crippen LogP contribution is 2.43. The Morgan fingerprint density at radius 2 is 1.04 bits per heavy atom. The molecule has 4 heterocycles. The van der Waals surface area contributed by atoms with Gasteiger partial charge < -0.3 is 59.2 Å². The molecule has 0 spiro atoms. The van der Waals surface area contributed by atoms with Crippen LogP contribution in [0.2, 0.25) is 0 Å². The van der Waals surface area contributed by atoms with Gasteiger partial charge >= 0.3 is 11.3 Å². The molecule has 49 heavy (non-hydrogen) atoms. The summed E-state index contributed by atoms with van der Waals surface area (Å²) in [7, 11) is 0. The zero-order chi connectivity index (χ0) is 35.4. The summed E-state index contributed by atoms with van der Waals surface area (Å²) in [4.78, 5) is 25.6. The molecule has 0 saturated carbocycles. The predicted molar refractivity (Wildman–Crippen MR) is 165 cm³/mol. The van der Waals surface area contributed by atoms with Crippen LogP contribution in [0.15, 0.2) is 67.0 Å². The summed E-state index contributed by atoms with van der Waals surface area (Å²) >= 11 is 0.412. The number of thioether (sulfide) groups is 1. The number of ether oxygens (including phenoxy) is 2. The highest BCUT2D eigenvalue weighted by atomic mass is 32.2. The van der Waals surface area contributed by atoms with E-state index >= 15 is 0 Å². The Labute approximate surface area is 278 Å². The number of fused-ring (bicyclic) bond motifs is 2. The van der Waals surface area contributed by atoms with E-state index < -0.39 is 108 Å². The molecule has 264 valence electrons. The zero-order valence-corrected chi connectivity index (χ0v) is 26.1. The molecule has 0 bridgehead atoms. The third kappa shape index (κ3) is 6.19. The maximum absolute atomic E-state index is 14.5. The second-order valence-corrected chi connectivity index (χ2v) is 13.3. The van der Waals surface area contributed by atoms with E-state index in [1.165, 1.54) is 24.3 Å². The van der Waals surface area contributed by atoms with Crippen molar-refractivity contribution in [2.45, 2.75) is 71.5 Å². The Bertz CT molecular complexity index is 1830. The highest BCUT2D eigenvalue weighted by Gasteiger charge is 2.59. The van der Waals surface area contributed by atoms with Gasteiger partial charge in [0, 0.05) is 24.0 Å². The van der Waals surface area contributed by atoms with Crippen molar-refractivity contribution in [3.8, 4) is 0 Å². The van der Waals surface area contributed by atoms with E-state index in [9.17, 15) is 59.2 Å². The second-order valence-electron chi connectivity index (χ2n) is 12.1. The molecule has 0 unspecified atom stereocenters. The van der Waals surface area contributed by atoms with Crippen LogP contribution >= 0.6 is 11.8 Å². The van der Waals surface area contributed by atoms with Crippen molar-refractivity contribution in [3.05, 3.63) is 92.1 Å². The molecular weight excluding hydrogens is 678 g/mol. The van der Waals surface area contributed by atoms with E-state index in [0.717, 1.165) is 24.3 Å². The van der Waals surface area contributed by atoms with E-state index in [2.05, 4.69) is 0 Å². The summed E-state index contributed by atoms with van der Waals surface area (Å²) in [6.07, 6.45) is -13.2. The van der Waals surface area contributed by atoms with Crippen molar-refractivity contribution < 1.29 is 67.9 Å². The quantitative estimate of drug-likeness (QED) is 0.103. The molecule has 4 aromatic rings. The Hall–Kier alpha value is -3.33. The molecule has 0 radical (unpaired) electrons. The van der Waals surface area contributed by atoms with Gasteiger partial charge in [-0.3, -0.25) is 0 Å². The van der Waals surface area contributed by atoms with Crippen LogP contribution in [-0.2, 0) is 22.3 Å². The molecule has 14 nitrogen and oxygen atoms in total. The molecule has 0 amide bonds. The van der Waals surface area contributed by atoms with Gasteiger partial charge in [0.2, 0.25) is 0 Å². The van der Waals surface area contributed by atoms with Crippen LogP contribution in [0.25, 0.3) is 21.9 Å². The molecule has 10 atom stereocenters. The summed E-state index contributed by atoms with van der Waals surface area (Å²) in [5, 5.41) is 87.8. The molecule has 0 aliphatic carbocycles. The van der Waals surface area contributed by atoms with Gasteiger partial charge in [-0.2, -0.15) is 0 Å². The van der Waals surface area contributed by atoms with Gasteiger partial charge in [-0.15, -0.1) is 0 Å². The van der Waals surface area contributed by atoms with E-state index in [1.54, 1.807) is 0 Å². The zero-order valence-electron chi connectivity index (χ0n) is 25.3. The molecule has 2 aromatic heterocycles. The molecule has 2 aromatic carbocycles. The maximum Gasteiger partial charge on any atom is 0.339 e. The number of hydrogen-bond donors (Lipinski definition) is 8. The first-order valence-electron chi connectivity index (χ1n) is 15.0. The fourth-order valence-electron chi connectivity index (χ4n) is 6.30. The Morgan fingerprint density at radius 3 is 1.41 bits per heavy atom. The van der Waals surface area contributed by atoms with Crippen molar-refractivity contribution in [1.82, 2.24) is 0 Å². The van der Waals surface area contributed by atoms with E-state index in [-0.39, 0.29) is 33.1 Å². The average Bonchev–Trinajstić information content (AvgIpc) is 3.07. The Balaban J connectivity index is 1.31. The van der Waals surface area contributed by atoms with Crippen LogP contribution in [0.3, 0.4) is 0 Å². The minimum absolute atomic E-state index is 0.0985. The van der Waals surface area contributed by atoms with E-state index in [4.69, 9.17) is 18.3 Å². The van der Waals surface area contributed by atoms with Gasteiger partial charge in [0.05, 0.1) is 24.0 Å². The van der Waals surface area contributed by atoms with Crippen molar-refractivity contribution in [2.75, 3.05) is 13.2 Å². The van der Waals surface area contributed by atoms with Crippen molar-refractivity contribution in [1.29, 1.82) is 0 Å². The summed E-state index contributed by atoms with van der Waals surface area (Å²) < 4.78 is 50.5. The lowest BCUT2D eigenvalue weighted by Gasteiger charge is -2.51. The van der Waals surface area contributed by atoms with E-state index in [1.807, 2.05) is 0 Å². The summed E-state index contributed by atoms with van der Waals surface area (Å²) in [5.74, 6) is -1.51. The molecule has 2 saturated heterocycles. The maximum atomic E-state index is 14.5. The average molecular weight is 711 g/mol. The van der Waals surface area contributed by atoms with Crippen LogP contribution in [-0.4, -0.2) is 113 Å². The monoisotopic (exact) mass is 710 g/mol. The van der Waals surface area contributed by atoms with Gasteiger partial charge in [-0.1, -0.05) is 23.9 Å². The molecule has 17 heteroatoms. The van der Waals surface area contributed by atoms with Crippen LogP contribution in [0.1, 0.15) is 11.1 Å². The fraction of sp³-hybridized carbons (Fsp3) is 0.438. The molecule has 8 N–H and O–H groups in total. The lowest BCUT2D eigenvalue weighted by Crippen LogP contribution is -2.70. The molecule has 2 aliphatic rings. The predicted octanol–water partition coefficient (Wildman–Crippen LogP) is -0.964. The minimum atomic E-state index is -2.67. The number of aliphatic hydroxyl groups excluding tert-OH is 6. The number of aliphatic hydroxyl groups is 8. The van der Waals surface area contributed by atoms with Crippen molar-refractivity contribution in [2.24, 2.45) is 0 Å². The molecule has 6 rings (SSSR count). The molecular formula is C32H32F2O14S. The van der Waals surface area contributed by atoms with Crippen molar-refractivity contribution >= 4 is 33.7 Å². The number of halogens is 2. The number of hydrogen-bond acceptors (Lipinski definition) is 15. The third-order valence-electron chi connectivity index (χ3n) is 9.05. The summed E-state index contributed by atoms with van der Waals surface area (Å²) in [5.41, 5.74) is -11.7. The molecule has 2 aliphatic heterocycles. The third-order valence-corrected chi connectivity index (χ3v) is 10.3. The largest absolute Gasteiger partial charge is 0.422 e. The van der Waals surface area contributed by atoms with Crippen LogP contribution in [0.4, 0.5) is 8.78 Å². The van der Waals surface area contributed by atoms with Crippen LogP contribution in [0, 0.1) is 11.6 Å². The minimum Gasteiger partial charge on any atom is -0.422 e. The topological polar surface area (TPSA) is 241 Å². The SMILES string of the molecule is O=c1oc2cccc(F)c2cc1C[C@]1(O)[C@@H](O)[C@@H](CO)O[C@@H](S[C@@H]2O[C@H](CO)[C@H](O)[C@@](O)(Cc3cc4c(F)cccc4oc3=O)[C@H]2O)[C@@H]1O.